The molecule has 1 aromatic carbocycles. The molecule has 3 aromatic rings. The maximum atomic E-state index is 13.2. The molecule has 0 spiro atoms. The summed E-state index contributed by atoms with van der Waals surface area (Å²) in [6, 6.07) is 15.8. The maximum absolute atomic E-state index is 13.2. The molecule has 1 saturated heterocycles. The Kier molecular flexibility index (Phi) is 5.74. The van der Waals surface area contributed by atoms with E-state index in [4.69, 9.17) is 4.74 Å². The summed E-state index contributed by atoms with van der Waals surface area (Å²) in [5.74, 6) is 1.55. The Balaban J connectivity index is 1.29. The molecule has 4 heterocycles. The van der Waals surface area contributed by atoms with E-state index < -0.39 is 0 Å². The van der Waals surface area contributed by atoms with Gasteiger partial charge >= 0.3 is 0 Å². The number of anilines is 1. The molecule has 6 nitrogen and oxygen atoms in total. The Labute approximate surface area is 191 Å². The number of piperidine rings is 1. The third-order valence-electron chi connectivity index (χ3n) is 6.50. The highest BCUT2D eigenvalue weighted by Crippen LogP contribution is 2.35. The smallest absolute Gasteiger partial charge is 0.274 e. The van der Waals surface area contributed by atoms with Crippen molar-refractivity contribution in [3.8, 4) is 5.75 Å². The molecule has 2 aliphatic rings. The van der Waals surface area contributed by atoms with Crippen molar-refractivity contribution in [3.63, 3.8) is 0 Å². The highest BCUT2D eigenvalue weighted by Gasteiger charge is 2.36. The number of nitrogens with zero attached hydrogens (tertiary/aromatic N) is 2. The van der Waals surface area contributed by atoms with Gasteiger partial charge in [-0.05, 0) is 53.6 Å². The molecule has 1 fully saturated rings. The fourth-order valence-electron chi connectivity index (χ4n) is 4.90. The Bertz CT molecular complexity index is 1150. The molecule has 0 aliphatic carbocycles. The lowest BCUT2D eigenvalue weighted by Gasteiger charge is -2.43. The highest BCUT2D eigenvalue weighted by molar-refractivity contribution is 7.10. The van der Waals surface area contributed by atoms with Crippen LogP contribution < -0.4 is 15.6 Å². The lowest BCUT2D eigenvalue weighted by molar-refractivity contribution is -0.133. The third kappa shape index (κ3) is 4.17. The molecule has 2 atom stereocenters. The van der Waals surface area contributed by atoms with Crippen molar-refractivity contribution >= 4 is 22.9 Å². The molecule has 166 valence electrons. The van der Waals surface area contributed by atoms with Gasteiger partial charge in [-0.2, -0.15) is 0 Å². The number of ether oxygens (including phenoxy) is 1. The van der Waals surface area contributed by atoms with Crippen molar-refractivity contribution in [3.05, 3.63) is 80.4 Å². The van der Waals surface area contributed by atoms with Crippen molar-refractivity contribution in [2.75, 3.05) is 25.5 Å². The number of carbonyl (C=O) groups excluding carboxylic acids is 1. The topological polar surface area (TPSA) is 63.6 Å². The lowest BCUT2D eigenvalue weighted by Crippen LogP contribution is -2.49. The van der Waals surface area contributed by atoms with Crippen molar-refractivity contribution in [2.24, 2.45) is 5.92 Å². The van der Waals surface area contributed by atoms with E-state index in [1.807, 2.05) is 57.3 Å². The summed E-state index contributed by atoms with van der Waals surface area (Å²) in [5.41, 5.74) is 2.79. The molecule has 32 heavy (non-hydrogen) atoms. The minimum Gasteiger partial charge on any atom is -0.497 e. The van der Waals surface area contributed by atoms with Gasteiger partial charge in [0, 0.05) is 42.7 Å². The van der Waals surface area contributed by atoms with Crippen LogP contribution in [0.1, 0.15) is 28.5 Å². The summed E-state index contributed by atoms with van der Waals surface area (Å²) in [7, 11) is 1.65. The first-order valence-electron chi connectivity index (χ1n) is 11.0. The molecule has 0 saturated carbocycles. The van der Waals surface area contributed by atoms with Crippen LogP contribution in [0.3, 0.4) is 0 Å². The fourth-order valence-corrected chi connectivity index (χ4v) is 5.59. The maximum Gasteiger partial charge on any atom is 0.274 e. The second kappa shape index (κ2) is 8.82. The van der Waals surface area contributed by atoms with Crippen LogP contribution in [0.15, 0.2) is 58.7 Å². The number of rotatable bonds is 6. The van der Waals surface area contributed by atoms with Crippen LogP contribution in [0.5, 0.6) is 5.75 Å². The molecular formula is C25H27N3O3S. The number of carbonyl (C=O) groups is 1. The van der Waals surface area contributed by atoms with Crippen molar-refractivity contribution in [2.45, 2.75) is 31.8 Å². The quantitative estimate of drug-likeness (QED) is 0.623. The Hall–Kier alpha value is -3.06. The van der Waals surface area contributed by atoms with Gasteiger partial charge in [0.1, 0.15) is 11.4 Å². The number of likely N-dealkylation sites (tertiary alicyclic amines) is 1. The second-order valence-electron chi connectivity index (χ2n) is 8.64. The highest BCUT2D eigenvalue weighted by atomic mass is 32.1. The normalized spacial score (nSPS) is 19.3. The molecule has 1 amide bonds. The van der Waals surface area contributed by atoms with Gasteiger partial charge in [0.05, 0.1) is 13.5 Å². The zero-order chi connectivity index (χ0) is 22.1. The molecule has 1 N–H and O–H groups in total. The molecule has 0 unspecified atom stereocenters. The number of hydrogen-bond donors (Lipinski definition) is 1. The predicted molar refractivity (Wildman–Crippen MR) is 126 cm³/mol. The van der Waals surface area contributed by atoms with E-state index in [1.165, 1.54) is 0 Å². The number of benzene rings is 1. The number of pyridine rings is 1. The molecule has 2 aliphatic heterocycles. The molecule has 7 heteroatoms. The number of methoxy groups -OCH3 is 1. The molecular weight excluding hydrogens is 422 g/mol. The van der Waals surface area contributed by atoms with Gasteiger partial charge in [-0.25, -0.2) is 0 Å². The number of nitrogens with one attached hydrogen (secondary N) is 1. The Morgan fingerprint density at radius 3 is 2.72 bits per heavy atom. The minimum atomic E-state index is 0.0315. The lowest BCUT2D eigenvalue weighted by atomic mass is 9.83. The van der Waals surface area contributed by atoms with Crippen LogP contribution >= 0.6 is 11.3 Å². The average molecular weight is 450 g/mol. The first-order chi connectivity index (χ1) is 15.6. The monoisotopic (exact) mass is 449 g/mol. The zero-order valence-electron chi connectivity index (χ0n) is 18.1. The summed E-state index contributed by atoms with van der Waals surface area (Å²) in [6.45, 7) is 2.68. The van der Waals surface area contributed by atoms with Gasteiger partial charge in [-0.1, -0.05) is 18.2 Å². The number of thiophene rings is 1. The van der Waals surface area contributed by atoms with Crippen LogP contribution in [0.2, 0.25) is 0 Å². The van der Waals surface area contributed by atoms with Gasteiger partial charge in [0.2, 0.25) is 5.91 Å². The fraction of sp³-hybridized carbons (Fsp3) is 0.360. The van der Waals surface area contributed by atoms with E-state index in [-0.39, 0.29) is 17.4 Å². The van der Waals surface area contributed by atoms with Crippen molar-refractivity contribution < 1.29 is 9.53 Å². The van der Waals surface area contributed by atoms with Crippen LogP contribution in [-0.4, -0.2) is 35.6 Å². The van der Waals surface area contributed by atoms with E-state index >= 15 is 0 Å². The van der Waals surface area contributed by atoms with Gasteiger partial charge < -0.3 is 19.5 Å². The number of fused-ring (bicyclic) bond motifs is 4. The summed E-state index contributed by atoms with van der Waals surface area (Å²) in [6.07, 6.45) is 1.51. The van der Waals surface area contributed by atoms with E-state index in [1.54, 1.807) is 18.4 Å². The first kappa shape index (κ1) is 20.8. The second-order valence-corrected chi connectivity index (χ2v) is 9.68. The van der Waals surface area contributed by atoms with E-state index in [9.17, 15) is 9.59 Å². The van der Waals surface area contributed by atoms with Crippen LogP contribution in [0.4, 0.5) is 5.69 Å². The summed E-state index contributed by atoms with van der Waals surface area (Å²) < 4.78 is 7.13. The summed E-state index contributed by atoms with van der Waals surface area (Å²) in [5, 5.41) is 5.31. The Morgan fingerprint density at radius 2 is 1.97 bits per heavy atom. The van der Waals surface area contributed by atoms with E-state index in [2.05, 4.69) is 11.4 Å². The minimum absolute atomic E-state index is 0.0315. The van der Waals surface area contributed by atoms with Gasteiger partial charge in [0.15, 0.2) is 0 Å². The van der Waals surface area contributed by atoms with Crippen LogP contribution in [0.25, 0.3) is 0 Å². The number of amides is 1. The number of aromatic nitrogens is 1. The van der Waals surface area contributed by atoms with Crippen molar-refractivity contribution in [1.29, 1.82) is 0 Å². The Morgan fingerprint density at radius 1 is 1.12 bits per heavy atom. The largest absolute Gasteiger partial charge is 0.497 e. The predicted octanol–water partition coefficient (Wildman–Crippen LogP) is 3.72. The molecule has 2 bridgehead atoms. The summed E-state index contributed by atoms with van der Waals surface area (Å²) in [4.78, 5) is 29.1. The SMILES string of the molecule is COc1ccc(CNc2ccc3n(c2=O)C[C@H]2C[C@@H]3CN(C(=O)Cc3cccs3)C2)cc1. The number of hydrogen-bond acceptors (Lipinski definition) is 5. The third-order valence-corrected chi connectivity index (χ3v) is 7.38. The molecule has 0 radical (unpaired) electrons. The average Bonchev–Trinajstić information content (AvgIpc) is 3.32. The first-order valence-corrected chi connectivity index (χ1v) is 11.9. The van der Waals surface area contributed by atoms with E-state index in [0.29, 0.717) is 37.7 Å². The molecule has 2 aromatic heterocycles. The van der Waals surface area contributed by atoms with Crippen LogP contribution in [-0.2, 0) is 24.3 Å². The van der Waals surface area contributed by atoms with Crippen molar-refractivity contribution in [1.82, 2.24) is 9.47 Å². The molecule has 5 rings (SSSR count). The standard InChI is InChI=1S/C25H27N3O3S/c1-31-20-6-4-17(5-7-20)13-26-22-8-9-23-19-11-18(15-28(23)25(22)30)14-27(16-19)24(29)12-21-3-2-10-32-21/h2-10,18-19,26H,11-16H2,1H3/t18-,19+/m0/s1. The van der Waals surface area contributed by atoms with Gasteiger partial charge in [-0.3, -0.25) is 9.59 Å². The van der Waals surface area contributed by atoms with Gasteiger partial charge in [-0.15, -0.1) is 11.3 Å². The zero-order valence-corrected chi connectivity index (χ0v) is 18.9. The van der Waals surface area contributed by atoms with Gasteiger partial charge in [0.25, 0.3) is 5.56 Å². The van der Waals surface area contributed by atoms with Crippen LogP contribution in [0, 0.1) is 5.92 Å². The van der Waals surface area contributed by atoms with E-state index in [0.717, 1.165) is 34.8 Å². The summed E-state index contributed by atoms with van der Waals surface area (Å²) >= 11 is 1.63.